The molecule has 1 aromatic rings. The van der Waals surface area contributed by atoms with Gasteiger partial charge in [-0.05, 0) is 23.6 Å². The summed E-state index contributed by atoms with van der Waals surface area (Å²) in [6.45, 7) is 2.55. The number of aliphatic carboxylic acids is 1. The molecule has 21 heavy (non-hydrogen) atoms. The highest BCUT2D eigenvalue weighted by Gasteiger charge is 2.15. The molecule has 0 aliphatic carbocycles. The Kier molecular flexibility index (Phi) is 6.47. The molecule has 7 nitrogen and oxygen atoms in total. The third kappa shape index (κ3) is 6.03. The normalized spacial score (nSPS) is 13.4. The number of methoxy groups -OCH3 is 1. The number of carboxylic acids is 1. The minimum Gasteiger partial charge on any atom is -0.478 e. The SMILES string of the molecule is COCC(C)CNS(=O)(=O)c1cncc(C=CC(=O)O)c1. The topological polar surface area (TPSA) is 106 Å². The van der Waals surface area contributed by atoms with Gasteiger partial charge in [-0.3, -0.25) is 4.98 Å². The Morgan fingerprint density at radius 3 is 2.86 bits per heavy atom. The van der Waals surface area contributed by atoms with E-state index >= 15 is 0 Å². The molecule has 0 spiro atoms. The molecule has 0 fully saturated rings. The van der Waals surface area contributed by atoms with E-state index < -0.39 is 16.0 Å². The van der Waals surface area contributed by atoms with Crippen LogP contribution in [0, 0.1) is 5.92 Å². The van der Waals surface area contributed by atoms with Crippen LogP contribution in [0.4, 0.5) is 0 Å². The van der Waals surface area contributed by atoms with E-state index in [-0.39, 0.29) is 17.4 Å². The van der Waals surface area contributed by atoms with Crippen molar-refractivity contribution in [2.24, 2.45) is 5.92 Å². The number of nitrogens with zero attached hydrogens (tertiary/aromatic N) is 1. The number of pyridine rings is 1. The Balaban J connectivity index is 2.83. The van der Waals surface area contributed by atoms with Gasteiger partial charge in [-0.25, -0.2) is 17.9 Å². The third-order valence-corrected chi connectivity index (χ3v) is 3.93. The van der Waals surface area contributed by atoms with Crippen molar-refractivity contribution in [3.63, 3.8) is 0 Å². The van der Waals surface area contributed by atoms with Crippen LogP contribution in [0.25, 0.3) is 6.08 Å². The molecule has 1 aromatic heterocycles. The highest BCUT2D eigenvalue weighted by Crippen LogP contribution is 2.11. The van der Waals surface area contributed by atoms with Crippen molar-refractivity contribution >= 4 is 22.1 Å². The number of rotatable bonds is 8. The number of nitrogens with one attached hydrogen (secondary N) is 1. The number of carboxylic acid groups (broad SMARTS) is 1. The van der Waals surface area contributed by atoms with Crippen molar-refractivity contribution in [1.82, 2.24) is 9.71 Å². The Morgan fingerprint density at radius 2 is 2.24 bits per heavy atom. The molecule has 0 bridgehead atoms. The second-order valence-corrected chi connectivity index (χ2v) is 6.30. The molecule has 0 radical (unpaired) electrons. The second kappa shape index (κ2) is 7.87. The lowest BCUT2D eigenvalue weighted by molar-refractivity contribution is -0.131. The molecule has 1 heterocycles. The van der Waals surface area contributed by atoms with Crippen LogP contribution in [-0.2, 0) is 19.6 Å². The van der Waals surface area contributed by atoms with E-state index in [1.165, 1.54) is 24.5 Å². The number of aromatic nitrogens is 1. The Labute approximate surface area is 123 Å². The molecule has 8 heteroatoms. The summed E-state index contributed by atoms with van der Waals surface area (Å²) in [5, 5.41) is 8.55. The number of hydrogen-bond acceptors (Lipinski definition) is 5. The summed E-state index contributed by atoms with van der Waals surface area (Å²) >= 11 is 0. The van der Waals surface area contributed by atoms with Gasteiger partial charge < -0.3 is 9.84 Å². The van der Waals surface area contributed by atoms with Gasteiger partial charge in [-0.15, -0.1) is 0 Å². The smallest absolute Gasteiger partial charge is 0.328 e. The summed E-state index contributed by atoms with van der Waals surface area (Å²) < 4.78 is 31.6. The minimum absolute atomic E-state index is 0.0142. The molecular formula is C13H18N2O5S. The van der Waals surface area contributed by atoms with Crippen molar-refractivity contribution in [3.05, 3.63) is 30.1 Å². The molecule has 0 amide bonds. The van der Waals surface area contributed by atoms with E-state index in [0.717, 1.165) is 6.08 Å². The highest BCUT2D eigenvalue weighted by molar-refractivity contribution is 7.89. The van der Waals surface area contributed by atoms with Crippen molar-refractivity contribution in [2.75, 3.05) is 20.3 Å². The van der Waals surface area contributed by atoms with E-state index in [1.54, 1.807) is 7.11 Å². The maximum atomic E-state index is 12.1. The summed E-state index contributed by atoms with van der Waals surface area (Å²) in [6.07, 6.45) is 4.79. The van der Waals surface area contributed by atoms with Gasteiger partial charge in [0.2, 0.25) is 10.0 Å². The molecule has 2 N–H and O–H groups in total. The Morgan fingerprint density at radius 1 is 1.52 bits per heavy atom. The van der Waals surface area contributed by atoms with Crippen molar-refractivity contribution < 1.29 is 23.1 Å². The first kappa shape index (κ1) is 17.3. The number of carbonyl (C=O) groups is 1. The van der Waals surface area contributed by atoms with Gasteiger partial charge >= 0.3 is 5.97 Å². The van der Waals surface area contributed by atoms with Crippen LogP contribution in [0.5, 0.6) is 0 Å². The quantitative estimate of drug-likeness (QED) is 0.686. The minimum atomic E-state index is -3.68. The fraction of sp³-hybridized carbons (Fsp3) is 0.385. The van der Waals surface area contributed by atoms with Crippen molar-refractivity contribution in [1.29, 1.82) is 0 Å². The average molecular weight is 314 g/mol. The van der Waals surface area contributed by atoms with Gasteiger partial charge in [-0.1, -0.05) is 6.92 Å². The lowest BCUT2D eigenvalue weighted by atomic mass is 10.2. The van der Waals surface area contributed by atoms with Gasteiger partial charge in [0.05, 0.1) is 0 Å². The van der Waals surface area contributed by atoms with Gasteiger partial charge in [0.15, 0.2) is 0 Å². The van der Waals surface area contributed by atoms with Crippen molar-refractivity contribution in [3.8, 4) is 0 Å². The molecule has 0 aliphatic heterocycles. The third-order valence-electron chi connectivity index (χ3n) is 2.54. The highest BCUT2D eigenvalue weighted by atomic mass is 32.2. The van der Waals surface area contributed by atoms with E-state index in [0.29, 0.717) is 12.2 Å². The van der Waals surface area contributed by atoms with Crippen LogP contribution in [0.1, 0.15) is 12.5 Å². The first-order chi connectivity index (χ1) is 9.85. The van der Waals surface area contributed by atoms with Crippen LogP contribution in [0.2, 0.25) is 0 Å². The zero-order valence-corrected chi connectivity index (χ0v) is 12.6. The largest absolute Gasteiger partial charge is 0.478 e. The van der Waals surface area contributed by atoms with E-state index in [2.05, 4.69) is 9.71 Å². The summed E-state index contributed by atoms with van der Waals surface area (Å²) in [5.41, 5.74) is 0.394. The average Bonchev–Trinajstić information content (AvgIpc) is 2.44. The van der Waals surface area contributed by atoms with Crippen LogP contribution >= 0.6 is 0 Å². The maximum absolute atomic E-state index is 12.1. The standard InChI is InChI=1S/C13H18N2O5S/c1-10(9-20-2)6-15-21(18,19)12-5-11(7-14-8-12)3-4-13(16)17/h3-5,7-8,10,15H,6,9H2,1-2H3,(H,16,17). The maximum Gasteiger partial charge on any atom is 0.328 e. The van der Waals surface area contributed by atoms with Crippen molar-refractivity contribution in [2.45, 2.75) is 11.8 Å². The Hall–Kier alpha value is -1.77. The molecular weight excluding hydrogens is 296 g/mol. The molecule has 0 aliphatic rings. The number of sulfonamides is 1. The molecule has 1 rings (SSSR count). The van der Waals surface area contributed by atoms with Crippen LogP contribution in [0.3, 0.4) is 0 Å². The van der Waals surface area contributed by atoms with Crippen LogP contribution < -0.4 is 4.72 Å². The first-order valence-corrected chi connectivity index (χ1v) is 7.68. The molecule has 0 saturated carbocycles. The molecule has 1 atom stereocenters. The van der Waals surface area contributed by atoms with Gasteiger partial charge in [0.1, 0.15) is 4.90 Å². The monoisotopic (exact) mass is 314 g/mol. The lowest BCUT2D eigenvalue weighted by Crippen LogP contribution is -2.30. The Bertz CT molecular complexity index is 613. The first-order valence-electron chi connectivity index (χ1n) is 6.20. The lowest BCUT2D eigenvalue weighted by Gasteiger charge is -2.12. The second-order valence-electron chi connectivity index (χ2n) is 4.54. The number of hydrogen-bond donors (Lipinski definition) is 2. The van der Waals surface area contributed by atoms with E-state index in [4.69, 9.17) is 9.84 Å². The number of ether oxygens (including phenoxy) is 1. The molecule has 1 unspecified atom stereocenters. The summed E-state index contributed by atoms with van der Waals surface area (Å²) in [5.74, 6) is -1.08. The van der Waals surface area contributed by atoms with Gasteiger partial charge in [0, 0.05) is 38.7 Å². The van der Waals surface area contributed by atoms with E-state index in [9.17, 15) is 13.2 Å². The van der Waals surface area contributed by atoms with E-state index in [1.807, 2.05) is 6.92 Å². The zero-order valence-electron chi connectivity index (χ0n) is 11.8. The predicted molar refractivity (Wildman–Crippen MR) is 77.1 cm³/mol. The predicted octanol–water partition coefficient (Wildman–Crippen LogP) is 0.740. The fourth-order valence-electron chi connectivity index (χ4n) is 1.52. The van der Waals surface area contributed by atoms with Gasteiger partial charge in [-0.2, -0.15) is 0 Å². The summed E-state index contributed by atoms with van der Waals surface area (Å²) in [7, 11) is -2.14. The van der Waals surface area contributed by atoms with Gasteiger partial charge in [0.25, 0.3) is 0 Å². The summed E-state index contributed by atoms with van der Waals surface area (Å²) in [4.78, 5) is 14.2. The van der Waals surface area contributed by atoms with Crippen LogP contribution in [0.15, 0.2) is 29.4 Å². The summed E-state index contributed by atoms with van der Waals surface area (Å²) in [6, 6.07) is 1.36. The molecule has 116 valence electrons. The molecule has 0 saturated heterocycles. The van der Waals surface area contributed by atoms with Crippen LogP contribution in [-0.4, -0.2) is 44.7 Å². The fourth-order valence-corrected chi connectivity index (χ4v) is 2.68. The molecule has 0 aromatic carbocycles. The zero-order chi connectivity index (χ0) is 15.9.